The van der Waals surface area contributed by atoms with Crippen LogP contribution >= 0.6 is 0 Å². The maximum Gasteiger partial charge on any atom is 0.308 e. The number of esters is 1. The van der Waals surface area contributed by atoms with Gasteiger partial charge in [0.1, 0.15) is 11.3 Å². The van der Waals surface area contributed by atoms with E-state index < -0.39 is 0 Å². The Morgan fingerprint density at radius 1 is 1.04 bits per heavy atom. The van der Waals surface area contributed by atoms with E-state index in [-0.39, 0.29) is 5.97 Å². The van der Waals surface area contributed by atoms with Gasteiger partial charge in [0.2, 0.25) is 0 Å². The molecule has 0 aliphatic rings. The third-order valence-electron chi connectivity index (χ3n) is 3.50. The SMILES string of the molecule is COc1cccc(/C=C/c2ccc3cccc(OC(C)=O)c3n2)c1. The van der Waals surface area contributed by atoms with Crippen molar-refractivity contribution in [2.75, 3.05) is 7.11 Å². The Hall–Kier alpha value is -3.14. The molecule has 0 unspecified atom stereocenters. The van der Waals surface area contributed by atoms with E-state index in [1.165, 1.54) is 6.92 Å². The maximum atomic E-state index is 11.2. The molecule has 2 aromatic carbocycles. The maximum absolute atomic E-state index is 11.2. The fourth-order valence-electron chi connectivity index (χ4n) is 2.39. The van der Waals surface area contributed by atoms with Crippen LogP contribution in [-0.4, -0.2) is 18.1 Å². The van der Waals surface area contributed by atoms with Crippen molar-refractivity contribution in [2.45, 2.75) is 6.92 Å². The number of hydrogen-bond donors (Lipinski definition) is 0. The molecular formula is C20H17NO3. The summed E-state index contributed by atoms with van der Waals surface area (Å²) in [7, 11) is 1.64. The van der Waals surface area contributed by atoms with E-state index in [9.17, 15) is 4.79 Å². The van der Waals surface area contributed by atoms with Gasteiger partial charge in [0.15, 0.2) is 5.75 Å². The summed E-state index contributed by atoms with van der Waals surface area (Å²) in [6, 6.07) is 17.2. The van der Waals surface area contributed by atoms with E-state index in [1.54, 1.807) is 13.2 Å². The Morgan fingerprint density at radius 2 is 1.88 bits per heavy atom. The van der Waals surface area contributed by atoms with Crippen LogP contribution in [-0.2, 0) is 4.79 Å². The third-order valence-corrected chi connectivity index (χ3v) is 3.50. The third kappa shape index (κ3) is 3.60. The second kappa shape index (κ2) is 6.96. The van der Waals surface area contributed by atoms with Gasteiger partial charge in [0.05, 0.1) is 12.8 Å². The minimum Gasteiger partial charge on any atom is -0.497 e. The zero-order valence-electron chi connectivity index (χ0n) is 13.5. The number of para-hydroxylation sites is 1. The second-order valence-electron chi connectivity index (χ2n) is 5.27. The van der Waals surface area contributed by atoms with Gasteiger partial charge in [-0.15, -0.1) is 0 Å². The van der Waals surface area contributed by atoms with Gasteiger partial charge in [-0.05, 0) is 35.9 Å². The first kappa shape index (κ1) is 15.7. The van der Waals surface area contributed by atoms with Crippen molar-refractivity contribution >= 4 is 29.0 Å². The molecule has 120 valence electrons. The minimum absolute atomic E-state index is 0.360. The van der Waals surface area contributed by atoms with E-state index >= 15 is 0 Å². The molecule has 4 heteroatoms. The van der Waals surface area contributed by atoms with Gasteiger partial charge in [-0.25, -0.2) is 4.98 Å². The van der Waals surface area contributed by atoms with E-state index in [1.807, 2.05) is 60.7 Å². The van der Waals surface area contributed by atoms with Gasteiger partial charge < -0.3 is 9.47 Å². The summed E-state index contributed by atoms with van der Waals surface area (Å²) in [5.41, 5.74) is 2.47. The number of fused-ring (bicyclic) bond motifs is 1. The summed E-state index contributed by atoms with van der Waals surface area (Å²) in [5, 5.41) is 0.923. The molecule has 0 radical (unpaired) electrons. The molecule has 0 saturated carbocycles. The van der Waals surface area contributed by atoms with Crippen LogP contribution in [0.3, 0.4) is 0 Å². The molecule has 0 spiro atoms. The van der Waals surface area contributed by atoms with E-state index in [4.69, 9.17) is 9.47 Å². The lowest BCUT2D eigenvalue weighted by molar-refractivity contribution is -0.131. The van der Waals surface area contributed by atoms with Crippen molar-refractivity contribution in [1.29, 1.82) is 0 Å². The van der Waals surface area contributed by atoms with Crippen LogP contribution in [0.15, 0.2) is 54.6 Å². The molecule has 0 aliphatic carbocycles. The van der Waals surface area contributed by atoms with Gasteiger partial charge in [-0.2, -0.15) is 0 Å². The van der Waals surface area contributed by atoms with Crippen molar-refractivity contribution in [2.24, 2.45) is 0 Å². The van der Waals surface area contributed by atoms with E-state index in [2.05, 4.69) is 4.98 Å². The lowest BCUT2D eigenvalue weighted by Crippen LogP contribution is -2.02. The highest BCUT2D eigenvalue weighted by Gasteiger charge is 2.06. The number of methoxy groups -OCH3 is 1. The molecule has 4 nitrogen and oxygen atoms in total. The summed E-state index contributed by atoms with van der Waals surface area (Å²) in [4.78, 5) is 15.8. The van der Waals surface area contributed by atoms with Crippen LogP contribution in [0.4, 0.5) is 0 Å². The van der Waals surface area contributed by atoms with Crippen LogP contribution in [0.1, 0.15) is 18.2 Å². The quantitative estimate of drug-likeness (QED) is 0.530. The number of pyridine rings is 1. The summed E-state index contributed by atoms with van der Waals surface area (Å²) in [6.45, 7) is 1.38. The standard InChI is InChI=1S/C20H17NO3/c1-14(22)24-19-8-4-6-16-10-12-17(21-20(16)19)11-9-15-5-3-7-18(13-15)23-2/h3-13H,1-2H3/b11-9+. The molecule has 0 fully saturated rings. The average molecular weight is 319 g/mol. The average Bonchev–Trinajstić information content (AvgIpc) is 2.60. The van der Waals surface area contributed by atoms with Crippen molar-refractivity contribution < 1.29 is 14.3 Å². The molecular weight excluding hydrogens is 302 g/mol. The number of rotatable bonds is 4. The topological polar surface area (TPSA) is 48.4 Å². The Kier molecular flexibility index (Phi) is 4.57. The first-order chi connectivity index (χ1) is 11.7. The lowest BCUT2D eigenvalue weighted by atomic mass is 10.1. The molecule has 24 heavy (non-hydrogen) atoms. The summed E-state index contributed by atoms with van der Waals surface area (Å²) < 4.78 is 10.5. The zero-order chi connectivity index (χ0) is 16.9. The van der Waals surface area contributed by atoms with Gasteiger partial charge in [-0.3, -0.25) is 4.79 Å². The number of carbonyl (C=O) groups is 1. The molecule has 1 aromatic heterocycles. The first-order valence-electron chi connectivity index (χ1n) is 7.56. The lowest BCUT2D eigenvalue weighted by Gasteiger charge is -2.06. The smallest absolute Gasteiger partial charge is 0.308 e. The van der Waals surface area contributed by atoms with Gasteiger partial charge in [-0.1, -0.05) is 36.4 Å². The van der Waals surface area contributed by atoms with Crippen LogP contribution in [0, 0.1) is 0 Å². The van der Waals surface area contributed by atoms with Crippen LogP contribution in [0.25, 0.3) is 23.1 Å². The number of carbonyl (C=O) groups excluding carboxylic acids is 1. The zero-order valence-corrected chi connectivity index (χ0v) is 13.5. The molecule has 3 rings (SSSR count). The second-order valence-corrected chi connectivity index (χ2v) is 5.27. The Balaban J connectivity index is 1.94. The highest BCUT2D eigenvalue weighted by molar-refractivity contribution is 5.88. The Labute approximate surface area is 140 Å². The predicted molar refractivity (Wildman–Crippen MR) is 95.0 cm³/mol. The predicted octanol–water partition coefficient (Wildman–Crippen LogP) is 4.34. The summed E-state index contributed by atoms with van der Waals surface area (Å²) in [5.74, 6) is 0.916. The van der Waals surface area contributed by atoms with Crippen molar-refractivity contribution in [3.05, 3.63) is 65.9 Å². The molecule has 3 aromatic rings. The molecule has 0 amide bonds. The Morgan fingerprint density at radius 3 is 2.67 bits per heavy atom. The fourth-order valence-corrected chi connectivity index (χ4v) is 2.39. The van der Waals surface area contributed by atoms with Crippen molar-refractivity contribution in [3.63, 3.8) is 0 Å². The molecule has 1 heterocycles. The number of benzene rings is 2. The number of hydrogen-bond acceptors (Lipinski definition) is 4. The summed E-state index contributed by atoms with van der Waals surface area (Å²) in [6.07, 6.45) is 3.88. The van der Waals surface area contributed by atoms with E-state index in [0.29, 0.717) is 11.3 Å². The summed E-state index contributed by atoms with van der Waals surface area (Å²) >= 11 is 0. The molecule has 0 bridgehead atoms. The molecule has 0 saturated heterocycles. The Bertz CT molecular complexity index is 916. The van der Waals surface area contributed by atoms with Gasteiger partial charge in [0, 0.05) is 12.3 Å². The van der Waals surface area contributed by atoms with Gasteiger partial charge >= 0.3 is 5.97 Å². The highest BCUT2D eigenvalue weighted by Crippen LogP contribution is 2.25. The highest BCUT2D eigenvalue weighted by atomic mass is 16.5. The fraction of sp³-hybridized carbons (Fsp3) is 0.100. The normalized spacial score (nSPS) is 10.9. The molecule has 0 aliphatic heterocycles. The first-order valence-corrected chi connectivity index (χ1v) is 7.56. The van der Waals surface area contributed by atoms with Crippen LogP contribution < -0.4 is 9.47 Å². The van der Waals surface area contributed by atoms with Crippen LogP contribution in [0.2, 0.25) is 0 Å². The monoisotopic (exact) mass is 319 g/mol. The molecule has 0 N–H and O–H groups in total. The van der Waals surface area contributed by atoms with Crippen molar-refractivity contribution in [1.82, 2.24) is 4.98 Å². The number of ether oxygens (including phenoxy) is 2. The minimum atomic E-state index is -0.360. The van der Waals surface area contributed by atoms with Crippen LogP contribution in [0.5, 0.6) is 11.5 Å². The van der Waals surface area contributed by atoms with Gasteiger partial charge in [0.25, 0.3) is 0 Å². The number of nitrogens with zero attached hydrogens (tertiary/aromatic N) is 1. The van der Waals surface area contributed by atoms with E-state index in [0.717, 1.165) is 22.4 Å². The largest absolute Gasteiger partial charge is 0.497 e. The van der Waals surface area contributed by atoms with Crippen molar-refractivity contribution in [3.8, 4) is 11.5 Å². The number of aromatic nitrogens is 1. The molecule has 0 atom stereocenters.